The van der Waals surface area contributed by atoms with Gasteiger partial charge in [0.2, 0.25) is 0 Å². The SMILES string of the molecule is CSCCC(C)NCCOC(F)(F)F. The van der Waals surface area contributed by atoms with Gasteiger partial charge < -0.3 is 5.32 Å². The smallest absolute Gasteiger partial charge is 0.312 e. The molecule has 0 aliphatic rings. The van der Waals surface area contributed by atoms with Gasteiger partial charge in [0.1, 0.15) is 0 Å². The van der Waals surface area contributed by atoms with E-state index in [1.165, 1.54) is 0 Å². The summed E-state index contributed by atoms with van der Waals surface area (Å²) in [5.74, 6) is 1.01. The molecule has 0 heterocycles. The number of hydrogen-bond donors (Lipinski definition) is 1. The van der Waals surface area contributed by atoms with Crippen molar-refractivity contribution in [1.82, 2.24) is 5.32 Å². The lowest BCUT2D eigenvalue weighted by atomic mass is 10.2. The first-order chi connectivity index (χ1) is 6.45. The van der Waals surface area contributed by atoms with Crippen LogP contribution in [-0.2, 0) is 4.74 Å². The van der Waals surface area contributed by atoms with E-state index in [1.54, 1.807) is 11.8 Å². The van der Waals surface area contributed by atoms with E-state index in [0.717, 1.165) is 12.2 Å². The van der Waals surface area contributed by atoms with Crippen LogP contribution in [0.25, 0.3) is 0 Å². The Morgan fingerprint density at radius 2 is 2.07 bits per heavy atom. The lowest BCUT2D eigenvalue weighted by molar-refractivity contribution is -0.323. The Hall–Kier alpha value is 0.0600. The molecule has 0 spiro atoms. The maximum Gasteiger partial charge on any atom is 0.522 e. The van der Waals surface area contributed by atoms with Crippen LogP contribution in [0, 0.1) is 0 Å². The van der Waals surface area contributed by atoms with Crippen molar-refractivity contribution in [2.45, 2.75) is 25.7 Å². The second kappa shape index (κ2) is 7.36. The van der Waals surface area contributed by atoms with Gasteiger partial charge in [0.15, 0.2) is 0 Å². The molecule has 86 valence electrons. The van der Waals surface area contributed by atoms with Gasteiger partial charge in [0.05, 0.1) is 6.61 Å². The van der Waals surface area contributed by atoms with Crippen LogP contribution in [0.4, 0.5) is 13.2 Å². The van der Waals surface area contributed by atoms with Gasteiger partial charge in [0.25, 0.3) is 0 Å². The van der Waals surface area contributed by atoms with Crippen LogP contribution in [0.2, 0.25) is 0 Å². The fourth-order valence-corrected chi connectivity index (χ4v) is 1.46. The number of rotatable bonds is 7. The van der Waals surface area contributed by atoms with Gasteiger partial charge in [-0.1, -0.05) is 0 Å². The highest BCUT2D eigenvalue weighted by atomic mass is 32.2. The Morgan fingerprint density at radius 1 is 1.43 bits per heavy atom. The van der Waals surface area contributed by atoms with Crippen LogP contribution in [0.1, 0.15) is 13.3 Å². The minimum Gasteiger partial charge on any atom is -0.312 e. The van der Waals surface area contributed by atoms with Crippen molar-refractivity contribution >= 4 is 11.8 Å². The van der Waals surface area contributed by atoms with E-state index in [2.05, 4.69) is 10.1 Å². The molecule has 0 rings (SSSR count). The molecule has 1 unspecified atom stereocenters. The van der Waals surface area contributed by atoms with Gasteiger partial charge in [0, 0.05) is 12.6 Å². The fraction of sp³-hybridized carbons (Fsp3) is 1.00. The van der Waals surface area contributed by atoms with Gasteiger partial charge >= 0.3 is 6.36 Å². The summed E-state index contributed by atoms with van der Waals surface area (Å²) in [7, 11) is 0. The molecule has 0 aromatic heterocycles. The summed E-state index contributed by atoms with van der Waals surface area (Å²) < 4.78 is 38.2. The second-order valence-corrected chi connectivity index (χ2v) is 3.92. The first-order valence-electron chi connectivity index (χ1n) is 4.38. The van der Waals surface area contributed by atoms with E-state index in [1.807, 2.05) is 13.2 Å². The fourth-order valence-electron chi connectivity index (χ4n) is 0.869. The number of hydrogen-bond acceptors (Lipinski definition) is 3. The van der Waals surface area contributed by atoms with Crippen LogP contribution < -0.4 is 5.32 Å². The lowest BCUT2D eigenvalue weighted by Crippen LogP contribution is -2.31. The van der Waals surface area contributed by atoms with Gasteiger partial charge in [-0.2, -0.15) is 11.8 Å². The van der Waals surface area contributed by atoms with Crippen LogP contribution in [0.5, 0.6) is 0 Å². The average Bonchev–Trinajstić information content (AvgIpc) is 2.07. The molecular formula is C8H16F3NOS. The maximum absolute atomic E-state index is 11.5. The predicted octanol–water partition coefficient (Wildman–Crippen LogP) is 2.25. The highest BCUT2D eigenvalue weighted by Crippen LogP contribution is 2.15. The number of halogens is 3. The van der Waals surface area contributed by atoms with Gasteiger partial charge in [-0.05, 0) is 25.4 Å². The van der Waals surface area contributed by atoms with Crippen molar-refractivity contribution in [3.63, 3.8) is 0 Å². The number of ether oxygens (including phenoxy) is 1. The molecule has 1 atom stereocenters. The summed E-state index contributed by atoms with van der Waals surface area (Å²) in [6.07, 6.45) is -1.56. The molecule has 0 saturated heterocycles. The molecule has 0 amide bonds. The van der Waals surface area contributed by atoms with Crippen LogP contribution in [0.3, 0.4) is 0 Å². The number of alkyl halides is 3. The third-order valence-electron chi connectivity index (χ3n) is 1.62. The van der Waals surface area contributed by atoms with Gasteiger partial charge in [-0.3, -0.25) is 4.74 Å². The molecule has 0 saturated carbocycles. The van der Waals surface area contributed by atoms with Crippen LogP contribution >= 0.6 is 11.8 Å². The minimum absolute atomic E-state index is 0.231. The summed E-state index contributed by atoms with van der Waals surface area (Å²) in [5, 5.41) is 2.95. The molecule has 14 heavy (non-hydrogen) atoms. The van der Waals surface area contributed by atoms with Crippen molar-refractivity contribution in [2.24, 2.45) is 0 Å². The van der Waals surface area contributed by atoms with E-state index >= 15 is 0 Å². The van der Waals surface area contributed by atoms with Crippen molar-refractivity contribution < 1.29 is 17.9 Å². The average molecular weight is 231 g/mol. The minimum atomic E-state index is -4.51. The Labute approximate surface area is 86.6 Å². The molecule has 2 nitrogen and oxygen atoms in total. The van der Waals surface area contributed by atoms with Gasteiger partial charge in [-0.15, -0.1) is 13.2 Å². The zero-order valence-corrected chi connectivity index (χ0v) is 9.17. The second-order valence-electron chi connectivity index (χ2n) is 2.93. The number of thioether (sulfide) groups is 1. The van der Waals surface area contributed by atoms with Crippen molar-refractivity contribution in [3.05, 3.63) is 0 Å². The quantitative estimate of drug-likeness (QED) is 0.679. The highest BCUT2D eigenvalue weighted by Gasteiger charge is 2.28. The zero-order chi connectivity index (χ0) is 11.0. The molecule has 0 bridgehead atoms. The van der Waals surface area contributed by atoms with E-state index in [4.69, 9.17) is 0 Å². The first-order valence-corrected chi connectivity index (χ1v) is 5.78. The highest BCUT2D eigenvalue weighted by molar-refractivity contribution is 7.98. The van der Waals surface area contributed by atoms with Crippen LogP contribution in [0.15, 0.2) is 0 Å². The predicted molar refractivity (Wildman–Crippen MR) is 52.5 cm³/mol. The van der Waals surface area contributed by atoms with E-state index in [0.29, 0.717) is 0 Å². The molecular weight excluding hydrogens is 215 g/mol. The largest absolute Gasteiger partial charge is 0.522 e. The summed E-state index contributed by atoms with van der Waals surface area (Å²) in [4.78, 5) is 0. The monoisotopic (exact) mass is 231 g/mol. The van der Waals surface area contributed by atoms with Crippen molar-refractivity contribution in [3.8, 4) is 0 Å². The summed E-state index contributed by atoms with van der Waals surface area (Å²) in [6, 6.07) is 0.235. The van der Waals surface area contributed by atoms with E-state index < -0.39 is 6.36 Å². The molecule has 0 aromatic rings. The summed E-state index contributed by atoms with van der Waals surface area (Å²) in [6.45, 7) is 1.85. The van der Waals surface area contributed by atoms with E-state index in [-0.39, 0.29) is 19.2 Å². The zero-order valence-electron chi connectivity index (χ0n) is 8.36. The normalized spacial score (nSPS) is 14.4. The summed E-state index contributed by atoms with van der Waals surface area (Å²) >= 11 is 1.72. The molecule has 1 N–H and O–H groups in total. The Kier molecular flexibility index (Phi) is 7.40. The van der Waals surface area contributed by atoms with E-state index in [9.17, 15) is 13.2 Å². The molecule has 0 aromatic carbocycles. The first kappa shape index (κ1) is 14.1. The maximum atomic E-state index is 11.5. The third kappa shape index (κ3) is 10.1. The van der Waals surface area contributed by atoms with Crippen LogP contribution in [-0.4, -0.2) is 37.6 Å². The molecule has 0 radical (unpaired) electrons. The molecule has 6 heteroatoms. The summed E-state index contributed by atoms with van der Waals surface area (Å²) in [5.41, 5.74) is 0. The van der Waals surface area contributed by atoms with Crippen molar-refractivity contribution in [1.29, 1.82) is 0 Å². The molecule has 0 aliphatic carbocycles. The molecule has 0 aliphatic heterocycles. The third-order valence-corrected chi connectivity index (χ3v) is 2.26. The Morgan fingerprint density at radius 3 is 2.57 bits per heavy atom. The van der Waals surface area contributed by atoms with Gasteiger partial charge in [-0.25, -0.2) is 0 Å². The standard InChI is InChI=1S/C8H16F3NOS/c1-7(3-6-14-2)12-4-5-13-8(9,10)11/h7,12H,3-6H2,1-2H3. The lowest BCUT2D eigenvalue weighted by Gasteiger charge is -2.13. The Bertz CT molecular complexity index is 143. The molecule has 0 fully saturated rings. The van der Waals surface area contributed by atoms with Crippen molar-refractivity contribution in [2.75, 3.05) is 25.2 Å². The topological polar surface area (TPSA) is 21.3 Å². The number of nitrogens with one attached hydrogen (secondary N) is 1. The Balaban J connectivity index is 3.27.